The summed E-state index contributed by atoms with van der Waals surface area (Å²) in [6.07, 6.45) is 1.99. The third kappa shape index (κ3) is 6.60. The van der Waals surface area contributed by atoms with Crippen molar-refractivity contribution in [3.05, 3.63) is 29.8 Å². The highest BCUT2D eigenvalue weighted by Crippen LogP contribution is 2.18. The van der Waals surface area contributed by atoms with Gasteiger partial charge in [0.2, 0.25) is 15.9 Å². The minimum absolute atomic E-state index is 0.0384. The first-order chi connectivity index (χ1) is 10.6. The van der Waals surface area contributed by atoms with Gasteiger partial charge in [-0.1, -0.05) is 31.5 Å². The van der Waals surface area contributed by atoms with E-state index in [-0.39, 0.29) is 11.9 Å². The van der Waals surface area contributed by atoms with Crippen molar-refractivity contribution < 1.29 is 13.2 Å². The first kappa shape index (κ1) is 19.5. The van der Waals surface area contributed by atoms with Gasteiger partial charge in [0.25, 0.3) is 0 Å². The molecule has 23 heavy (non-hydrogen) atoms. The zero-order valence-corrected chi connectivity index (χ0v) is 15.5. The molecule has 0 aliphatic rings. The molecule has 6 heteroatoms. The highest BCUT2D eigenvalue weighted by atomic mass is 32.2. The number of nitrogens with zero attached hydrogens (tertiary/aromatic N) is 1. The molecule has 0 fully saturated rings. The molecule has 0 spiro atoms. The van der Waals surface area contributed by atoms with Gasteiger partial charge in [-0.2, -0.15) is 0 Å². The van der Waals surface area contributed by atoms with Crippen molar-refractivity contribution in [3.63, 3.8) is 0 Å². The number of sulfonamides is 1. The maximum Gasteiger partial charge on any atom is 0.232 e. The van der Waals surface area contributed by atoms with Gasteiger partial charge in [0, 0.05) is 19.0 Å². The molecule has 0 radical (unpaired) electrons. The number of benzene rings is 1. The predicted octanol–water partition coefficient (Wildman–Crippen LogP) is 2.70. The highest BCUT2D eigenvalue weighted by Gasteiger charge is 2.18. The second-order valence-corrected chi connectivity index (χ2v) is 8.28. The van der Waals surface area contributed by atoms with Crippen LogP contribution in [0.15, 0.2) is 24.3 Å². The molecular weight excluding hydrogens is 312 g/mol. The van der Waals surface area contributed by atoms with Crippen LogP contribution in [0.4, 0.5) is 5.69 Å². The van der Waals surface area contributed by atoms with Gasteiger partial charge >= 0.3 is 0 Å². The Morgan fingerprint density at radius 2 is 1.74 bits per heavy atom. The van der Waals surface area contributed by atoms with E-state index in [1.807, 2.05) is 39.8 Å². The predicted molar refractivity (Wildman–Crippen MR) is 95.0 cm³/mol. The summed E-state index contributed by atoms with van der Waals surface area (Å²) >= 11 is 0. The van der Waals surface area contributed by atoms with E-state index in [1.54, 1.807) is 12.1 Å². The van der Waals surface area contributed by atoms with Gasteiger partial charge in [-0.15, -0.1) is 0 Å². The Hall–Kier alpha value is -1.56. The first-order valence-electron chi connectivity index (χ1n) is 7.95. The molecule has 5 nitrogen and oxygen atoms in total. The fourth-order valence-electron chi connectivity index (χ4n) is 2.07. The number of hydrogen-bond acceptors (Lipinski definition) is 3. The summed E-state index contributed by atoms with van der Waals surface area (Å²) in [6, 6.07) is 7.45. The largest absolute Gasteiger partial charge is 0.353 e. The fraction of sp³-hybridized carbons (Fsp3) is 0.588. The SMILES string of the molecule is Cc1ccc(N(CCCC(=O)N[C@H](C)C(C)C)S(C)(=O)=O)cc1. The second-order valence-electron chi connectivity index (χ2n) is 6.37. The van der Waals surface area contributed by atoms with E-state index in [4.69, 9.17) is 0 Å². The maximum atomic E-state index is 12.0. The number of carbonyl (C=O) groups excluding carboxylic acids is 1. The molecule has 0 aliphatic carbocycles. The molecule has 0 bridgehead atoms. The average molecular weight is 340 g/mol. The summed E-state index contributed by atoms with van der Waals surface area (Å²) < 4.78 is 25.3. The number of rotatable bonds is 8. The highest BCUT2D eigenvalue weighted by molar-refractivity contribution is 7.92. The molecule has 1 rings (SSSR count). The van der Waals surface area contributed by atoms with Crippen LogP contribution in [0.5, 0.6) is 0 Å². The Balaban J connectivity index is 2.63. The molecule has 0 unspecified atom stereocenters. The van der Waals surface area contributed by atoms with Crippen LogP contribution < -0.4 is 9.62 Å². The average Bonchev–Trinajstić information content (AvgIpc) is 2.43. The lowest BCUT2D eigenvalue weighted by molar-refractivity contribution is -0.122. The number of amides is 1. The van der Waals surface area contributed by atoms with E-state index >= 15 is 0 Å². The molecule has 0 aliphatic heterocycles. The van der Waals surface area contributed by atoms with Crippen LogP contribution >= 0.6 is 0 Å². The van der Waals surface area contributed by atoms with Crippen LogP contribution in [0.2, 0.25) is 0 Å². The van der Waals surface area contributed by atoms with Crippen LogP contribution in [-0.4, -0.2) is 33.2 Å². The molecule has 0 heterocycles. The quantitative estimate of drug-likeness (QED) is 0.791. The van der Waals surface area contributed by atoms with Gasteiger partial charge in [0.05, 0.1) is 11.9 Å². The summed E-state index contributed by atoms with van der Waals surface area (Å²) in [5, 5.41) is 2.93. The van der Waals surface area contributed by atoms with E-state index < -0.39 is 10.0 Å². The number of carbonyl (C=O) groups is 1. The molecule has 130 valence electrons. The third-order valence-corrected chi connectivity index (χ3v) is 5.07. The minimum Gasteiger partial charge on any atom is -0.353 e. The summed E-state index contributed by atoms with van der Waals surface area (Å²) in [6.45, 7) is 8.32. The van der Waals surface area contributed by atoms with E-state index in [1.165, 1.54) is 10.6 Å². The van der Waals surface area contributed by atoms with Crippen molar-refractivity contribution in [1.29, 1.82) is 0 Å². The van der Waals surface area contributed by atoms with Crippen molar-refractivity contribution in [2.75, 3.05) is 17.1 Å². The standard InChI is InChI=1S/C17H28N2O3S/c1-13(2)15(4)18-17(20)7-6-12-19(23(5,21)22)16-10-8-14(3)9-11-16/h8-11,13,15H,6-7,12H2,1-5H3,(H,18,20)/t15-/m1/s1. The first-order valence-corrected chi connectivity index (χ1v) is 9.80. The Kier molecular flexibility index (Phi) is 7.06. The van der Waals surface area contributed by atoms with E-state index in [2.05, 4.69) is 5.32 Å². The molecule has 0 aromatic heterocycles. The van der Waals surface area contributed by atoms with Gasteiger partial charge in [0.15, 0.2) is 0 Å². The minimum atomic E-state index is -3.36. The van der Waals surface area contributed by atoms with Gasteiger partial charge in [0.1, 0.15) is 0 Å². The van der Waals surface area contributed by atoms with Crippen molar-refractivity contribution in [2.45, 2.75) is 46.6 Å². The van der Waals surface area contributed by atoms with Crippen LogP contribution in [0.1, 0.15) is 39.2 Å². The topological polar surface area (TPSA) is 66.5 Å². The second kappa shape index (κ2) is 8.34. The Bertz CT molecular complexity index is 609. The van der Waals surface area contributed by atoms with Gasteiger partial charge in [-0.05, 0) is 38.3 Å². The number of anilines is 1. The zero-order chi connectivity index (χ0) is 17.6. The fourth-order valence-corrected chi connectivity index (χ4v) is 3.04. The molecule has 1 N–H and O–H groups in total. The molecule has 1 amide bonds. The van der Waals surface area contributed by atoms with Crippen molar-refractivity contribution in [2.24, 2.45) is 5.92 Å². The number of hydrogen-bond donors (Lipinski definition) is 1. The molecule has 0 saturated heterocycles. The van der Waals surface area contributed by atoms with Crippen molar-refractivity contribution in [1.82, 2.24) is 5.32 Å². The van der Waals surface area contributed by atoms with Crippen molar-refractivity contribution in [3.8, 4) is 0 Å². The summed E-state index contributed by atoms with van der Waals surface area (Å²) in [4.78, 5) is 11.9. The zero-order valence-electron chi connectivity index (χ0n) is 14.7. The Labute approximate surface area is 140 Å². The van der Waals surface area contributed by atoms with Gasteiger partial charge in [-0.25, -0.2) is 8.42 Å². The van der Waals surface area contributed by atoms with Crippen LogP contribution in [-0.2, 0) is 14.8 Å². The van der Waals surface area contributed by atoms with Crippen LogP contribution in [0.3, 0.4) is 0 Å². The van der Waals surface area contributed by atoms with E-state index in [9.17, 15) is 13.2 Å². The number of nitrogens with one attached hydrogen (secondary N) is 1. The molecule has 1 aromatic carbocycles. The Morgan fingerprint density at radius 3 is 2.22 bits per heavy atom. The molecule has 1 aromatic rings. The van der Waals surface area contributed by atoms with Crippen LogP contribution in [0.25, 0.3) is 0 Å². The summed E-state index contributed by atoms with van der Waals surface area (Å²) in [7, 11) is -3.36. The summed E-state index contributed by atoms with van der Waals surface area (Å²) in [5.41, 5.74) is 1.71. The lowest BCUT2D eigenvalue weighted by atomic mass is 10.1. The smallest absolute Gasteiger partial charge is 0.232 e. The molecule has 1 atom stereocenters. The normalized spacial score (nSPS) is 13.0. The van der Waals surface area contributed by atoms with Gasteiger partial charge < -0.3 is 5.32 Å². The van der Waals surface area contributed by atoms with E-state index in [0.717, 1.165) is 5.56 Å². The van der Waals surface area contributed by atoms with Gasteiger partial charge in [-0.3, -0.25) is 9.10 Å². The third-order valence-electron chi connectivity index (χ3n) is 3.88. The summed E-state index contributed by atoms with van der Waals surface area (Å²) in [5.74, 6) is 0.336. The van der Waals surface area contributed by atoms with Crippen LogP contribution in [0, 0.1) is 12.8 Å². The lowest BCUT2D eigenvalue weighted by Crippen LogP contribution is -2.37. The maximum absolute atomic E-state index is 12.0. The Morgan fingerprint density at radius 1 is 1.17 bits per heavy atom. The van der Waals surface area contributed by atoms with E-state index in [0.29, 0.717) is 31.0 Å². The number of aryl methyl sites for hydroxylation is 1. The van der Waals surface area contributed by atoms with Crippen molar-refractivity contribution >= 4 is 21.6 Å². The lowest BCUT2D eigenvalue weighted by Gasteiger charge is -2.23. The monoisotopic (exact) mass is 340 g/mol. The molecule has 0 saturated carbocycles. The molecular formula is C17H28N2O3S.